The Labute approximate surface area is 105 Å². The Hall–Kier alpha value is -2.10. The lowest BCUT2D eigenvalue weighted by Crippen LogP contribution is -2.49. The molecule has 1 rings (SSSR count). The van der Waals surface area contributed by atoms with Crippen molar-refractivity contribution >= 4 is 17.7 Å². The van der Waals surface area contributed by atoms with Crippen LogP contribution in [0.15, 0.2) is 0 Å². The third kappa shape index (κ3) is 2.97. The van der Waals surface area contributed by atoms with Gasteiger partial charge in [-0.2, -0.15) is 5.26 Å². The van der Waals surface area contributed by atoms with E-state index in [-0.39, 0.29) is 0 Å². The van der Waals surface area contributed by atoms with Crippen LogP contribution in [0, 0.1) is 16.7 Å². The molecule has 4 N–H and O–H groups in total. The van der Waals surface area contributed by atoms with Crippen LogP contribution in [-0.2, 0) is 14.4 Å². The number of rotatable bonds is 5. The van der Waals surface area contributed by atoms with E-state index in [2.05, 4.69) is 0 Å². The molecule has 0 unspecified atom stereocenters. The first kappa shape index (κ1) is 14.0. The third-order valence-electron chi connectivity index (χ3n) is 3.06. The van der Waals surface area contributed by atoms with Gasteiger partial charge in [-0.1, -0.05) is 12.8 Å². The Bertz CT molecular complexity index is 391. The van der Waals surface area contributed by atoms with Gasteiger partial charge in [-0.3, -0.25) is 14.4 Å². The van der Waals surface area contributed by atoms with Crippen molar-refractivity contribution in [3.8, 4) is 6.07 Å². The molecule has 98 valence electrons. The Balaban J connectivity index is 2.90. The predicted molar refractivity (Wildman–Crippen MR) is 61.5 cm³/mol. The van der Waals surface area contributed by atoms with Gasteiger partial charge in [0.25, 0.3) is 0 Å². The summed E-state index contributed by atoms with van der Waals surface area (Å²) in [7, 11) is 0. The van der Waals surface area contributed by atoms with Crippen molar-refractivity contribution in [2.24, 2.45) is 16.9 Å². The quantitative estimate of drug-likeness (QED) is 0.640. The second kappa shape index (κ2) is 5.49. The molecule has 0 atom stereocenters. The van der Waals surface area contributed by atoms with E-state index < -0.39 is 36.2 Å². The Morgan fingerprint density at radius 2 is 1.56 bits per heavy atom. The van der Waals surface area contributed by atoms with Crippen LogP contribution in [0.5, 0.6) is 0 Å². The van der Waals surface area contributed by atoms with E-state index in [1.54, 1.807) is 0 Å². The number of hydrogen-bond acceptors (Lipinski definition) is 4. The number of amides is 3. The Kier molecular flexibility index (Phi) is 4.26. The fraction of sp³-hybridized carbons (Fsp3) is 0.636. The molecule has 18 heavy (non-hydrogen) atoms. The minimum atomic E-state index is -1.13. The number of nitrogens with zero attached hydrogens (tertiary/aromatic N) is 2. The van der Waals surface area contributed by atoms with E-state index in [1.807, 2.05) is 6.07 Å². The fourth-order valence-electron chi connectivity index (χ4n) is 2.23. The number of hydrogen-bond donors (Lipinski definition) is 2. The van der Waals surface area contributed by atoms with E-state index in [9.17, 15) is 19.6 Å². The van der Waals surface area contributed by atoms with Crippen LogP contribution in [0.3, 0.4) is 0 Å². The largest absolute Gasteiger partial charge is 0.368 e. The van der Waals surface area contributed by atoms with Crippen molar-refractivity contribution in [1.29, 1.82) is 5.26 Å². The maximum Gasteiger partial charge on any atom is 0.243 e. The minimum absolute atomic E-state index is 0.398. The summed E-state index contributed by atoms with van der Waals surface area (Å²) >= 11 is 0. The number of carbonyl (C=O) groups is 3. The fourth-order valence-corrected chi connectivity index (χ4v) is 2.23. The lowest BCUT2D eigenvalue weighted by atomic mass is 9.86. The van der Waals surface area contributed by atoms with Crippen molar-refractivity contribution < 1.29 is 14.4 Å². The molecule has 0 radical (unpaired) electrons. The molecule has 1 aliphatic rings. The molecule has 1 aliphatic carbocycles. The van der Waals surface area contributed by atoms with Gasteiger partial charge < -0.3 is 16.4 Å². The van der Waals surface area contributed by atoms with E-state index in [1.165, 1.54) is 0 Å². The highest BCUT2D eigenvalue weighted by Gasteiger charge is 2.44. The first-order valence-corrected chi connectivity index (χ1v) is 5.68. The number of carbonyl (C=O) groups excluding carboxylic acids is 3. The van der Waals surface area contributed by atoms with Crippen molar-refractivity contribution in [1.82, 2.24) is 4.90 Å². The summed E-state index contributed by atoms with van der Waals surface area (Å²) in [6.45, 7) is -0.795. The lowest BCUT2D eigenvalue weighted by Gasteiger charge is -2.27. The maximum absolute atomic E-state index is 12.3. The molecule has 0 aromatic rings. The molecule has 3 amide bonds. The van der Waals surface area contributed by atoms with Gasteiger partial charge in [0.05, 0.1) is 19.2 Å². The average Bonchev–Trinajstić information content (AvgIpc) is 2.75. The Morgan fingerprint density at radius 1 is 1.11 bits per heavy atom. The average molecular weight is 252 g/mol. The van der Waals surface area contributed by atoms with Gasteiger partial charge in [0.1, 0.15) is 5.41 Å². The SMILES string of the molecule is N#CC1(C(=O)N(CC(N)=O)CC(N)=O)CCCC1. The number of nitrogens with two attached hydrogens (primary N) is 2. The molecule has 0 heterocycles. The number of primary amides is 2. The molecule has 1 fully saturated rings. The van der Waals surface area contributed by atoms with Gasteiger partial charge in [0.15, 0.2) is 0 Å². The van der Waals surface area contributed by atoms with Crippen molar-refractivity contribution in [3.63, 3.8) is 0 Å². The molecule has 0 spiro atoms. The normalized spacial score (nSPS) is 16.8. The molecular weight excluding hydrogens is 236 g/mol. The van der Waals surface area contributed by atoms with Gasteiger partial charge in [-0.15, -0.1) is 0 Å². The molecule has 7 nitrogen and oxygen atoms in total. The zero-order valence-electron chi connectivity index (χ0n) is 10.0. The van der Waals surface area contributed by atoms with Crippen LogP contribution < -0.4 is 11.5 Å². The second-order valence-electron chi connectivity index (χ2n) is 4.49. The van der Waals surface area contributed by atoms with Crippen molar-refractivity contribution in [3.05, 3.63) is 0 Å². The van der Waals surface area contributed by atoms with Crippen LogP contribution in [0.1, 0.15) is 25.7 Å². The van der Waals surface area contributed by atoms with Crippen LogP contribution in [0.2, 0.25) is 0 Å². The second-order valence-corrected chi connectivity index (χ2v) is 4.49. The van der Waals surface area contributed by atoms with E-state index in [0.717, 1.165) is 17.7 Å². The standard InChI is InChI=1S/C11H16N4O3/c12-7-11(3-1-2-4-11)10(18)15(5-8(13)16)6-9(14)17/h1-6H2,(H2,13,16)(H2,14,17). The highest BCUT2D eigenvalue weighted by Crippen LogP contribution is 2.39. The summed E-state index contributed by atoms with van der Waals surface area (Å²) in [5.41, 5.74) is 8.91. The molecular formula is C11H16N4O3. The third-order valence-corrected chi connectivity index (χ3v) is 3.06. The Morgan fingerprint density at radius 3 is 1.89 bits per heavy atom. The van der Waals surface area contributed by atoms with E-state index in [4.69, 9.17) is 11.5 Å². The smallest absolute Gasteiger partial charge is 0.243 e. The minimum Gasteiger partial charge on any atom is -0.368 e. The molecule has 0 aromatic carbocycles. The molecule has 0 aliphatic heterocycles. The summed E-state index contributed by atoms with van der Waals surface area (Å²) in [5, 5.41) is 9.17. The van der Waals surface area contributed by atoms with Crippen LogP contribution in [0.25, 0.3) is 0 Å². The highest BCUT2D eigenvalue weighted by molar-refractivity contribution is 5.92. The van der Waals surface area contributed by atoms with Gasteiger partial charge >= 0.3 is 0 Å². The lowest BCUT2D eigenvalue weighted by molar-refractivity contribution is -0.143. The summed E-state index contributed by atoms with van der Waals surface area (Å²) in [6.07, 6.45) is 2.44. The van der Waals surface area contributed by atoms with Gasteiger partial charge in [-0.05, 0) is 12.8 Å². The number of nitriles is 1. The van der Waals surface area contributed by atoms with Gasteiger partial charge in [0.2, 0.25) is 17.7 Å². The molecule has 1 saturated carbocycles. The summed E-state index contributed by atoms with van der Waals surface area (Å²) in [5.74, 6) is -2.01. The van der Waals surface area contributed by atoms with E-state index in [0.29, 0.717) is 12.8 Å². The van der Waals surface area contributed by atoms with Crippen LogP contribution in [0.4, 0.5) is 0 Å². The van der Waals surface area contributed by atoms with E-state index >= 15 is 0 Å². The first-order valence-electron chi connectivity index (χ1n) is 5.68. The summed E-state index contributed by atoms with van der Waals surface area (Å²) in [6, 6.07) is 2.01. The topological polar surface area (TPSA) is 130 Å². The first-order chi connectivity index (χ1) is 8.41. The maximum atomic E-state index is 12.3. The zero-order valence-corrected chi connectivity index (χ0v) is 10.0. The van der Waals surface area contributed by atoms with Crippen LogP contribution >= 0.6 is 0 Å². The molecule has 7 heteroatoms. The van der Waals surface area contributed by atoms with Crippen LogP contribution in [-0.4, -0.2) is 35.7 Å². The van der Waals surface area contributed by atoms with Gasteiger partial charge in [0, 0.05) is 0 Å². The predicted octanol–water partition coefficient (Wildman–Crippen LogP) is -1.13. The summed E-state index contributed by atoms with van der Waals surface area (Å²) in [4.78, 5) is 35.0. The highest BCUT2D eigenvalue weighted by atomic mass is 16.2. The summed E-state index contributed by atoms with van der Waals surface area (Å²) < 4.78 is 0. The zero-order chi connectivity index (χ0) is 13.8. The van der Waals surface area contributed by atoms with Crippen molar-refractivity contribution in [2.75, 3.05) is 13.1 Å². The molecule has 0 aromatic heterocycles. The molecule has 0 bridgehead atoms. The molecule has 0 saturated heterocycles. The monoisotopic (exact) mass is 252 g/mol. The van der Waals surface area contributed by atoms with Gasteiger partial charge in [-0.25, -0.2) is 0 Å². The van der Waals surface area contributed by atoms with Crippen molar-refractivity contribution in [2.45, 2.75) is 25.7 Å².